The van der Waals surface area contributed by atoms with Crippen molar-refractivity contribution in [3.05, 3.63) is 41.6 Å². The summed E-state index contributed by atoms with van der Waals surface area (Å²) in [5.74, 6) is -0.271. The van der Waals surface area contributed by atoms with Crippen molar-refractivity contribution in [3.63, 3.8) is 0 Å². The summed E-state index contributed by atoms with van der Waals surface area (Å²) in [5.41, 5.74) is 3.11. The van der Waals surface area contributed by atoms with Crippen molar-refractivity contribution in [2.45, 2.75) is 25.2 Å². The number of aromatic nitrogens is 2. The molecule has 0 aliphatic heterocycles. The molecule has 18 heavy (non-hydrogen) atoms. The van der Waals surface area contributed by atoms with Crippen LogP contribution in [0.4, 0.5) is 0 Å². The number of nitrogens with zero attached hydrogens (tertiary/aromatic N) is 1. The number of rotatable bonds is 3. The number of carbonyl (C=O) groups is 1. The molecule has 1 aromatic carbocycles. The van der Waals surface area contributed by atoms with Gasteiger partial charge < -0.3 is 5.11 Å². The number of H-pyrrole nitrogens is 1. The van der Waals surface area contributed by atoms with Gasteiger partial charge in [0.05, 0.1) is 5.69 Å². The van der Waals surface area contributed by atoms with E-state index in [9.17, 15) is 4.79 Å². The fourth-order valence-electron chi connectivity index (χ4n) is 2.25. The van der Waals surface area contributed by atoms with E-state index in [4.69, 9.17) is 5.11 Å². The van der Waals surface area contributed by atoms with Crippen molar-refractivity contribution in [2.24, 2.45) is 0 Å². The van der Waals surface area contributed by atoms with E-state index >= 15 is 0 Å². The van der Waals surface area contributed by atoms with E-state index in [1.165, 1.54) is 24.8 Å². The van der Waals surface area contributed by atoms with Gasteiger partial charge in [-0.15, -0.1) is 0 Å². The van der Waals surface area contributed by atoms with Crippen LogP contribution in [0.25, 0.3) is 11.3 Å². The van der Waals surface area contributed by atoms with Gasteiger partial charge in [-0.05, 0) is 30.4 Å². The lowest BCUT2D eigenvalue weighted by Gasteiger charge is -2.25. The molecular formula is C14H14N2O2. The molecule has 2 N–H and O–H groups in total. The van der Waals surface area contributed by atoms with Crippen molar-refractivity contribution in [2.75, 3.05) is 0 Å². The van der Waals surface area contributed by atoms with Gasteiger partial charge >= 0.3 is 5.97 Å². The molecule has 1 aliphatic rings. The van der Waals surface area contributed by atoms with Crippen LogP contribution in [0.1, 0.15) is 41.2 Å². The molecule has 0 spiro atoms. The maximum absolute atomic E-state index is 10.8. The maximum atomic E-state index is 10.8. The van der Waals surface area contributed by atoms with Crippen molar-refractivity contribution in [1.82, 2.24) is 10.2 Å². The Balaban J connectivity index is 1.84. The lowest BCUT2D eigenvalue weighted by Crippen LogP contribution is -2.08. The maximum Gasteiger partial charge on any atom is 0.353 e. The molecule has 0 unspecified atom stereocenters. The third-order valence-electron chi connectivity index (χ3n) is 3.59. The summed E-state index contributed by atoms with van der Waals surface area (Å²) in [6.45, 7) is 0. The molecule has 3 rings (SSSR count). The van der Waals surface area contributed by atoms with Gasteiger partial charge in [0.15, 0.2) is 0 Å². The Morgan fingerprint density at radius 1 is 1.28 bits per heavy atom. The van der Waals surface area contributed by atoms with Gasteiger partial charge in [0.25, 0.3) is 0 Å². The molecule has 1 heterocycles. The molecule has 0 atom stereocenters. The molecule has 1 fully saturated rings. The molecule has 0 amide bonds. The van der Waals surface area contributed by atoms with E-state index < -0.39 is 5.97 Å². The molecule has 4 heteroatoms. The summed E-state index contributed by atoms with van der Waals surface area (Å²) in [7, 11) is 0. The van der Waals surface area contributed by atoms with Crippen LogP contribution in [0.3, 0.4) is 0 Å². The standard InChI is InChI=1S/C14H14N2O2/c17-14(18)13-8-12(15-16-13)11-6-4-10(5-7-11)9-2-1-3-9/h4-9H,1-3H2,(H,15,16)(H,17,18). The largest absolute Gasteiger partial charge is 0.477 e. The fraction of sp³-hybridized carbons (Fsp3) is 0.286. The Morgan fingerprint density at radius 2 is 2.00 bits per heavy atom. The molecule has 0 saturated heterocycles. The summed E-state index contributed by atoms with van der Waals surface area (Å²) in [6.07, 6.45) is 3.89. The summed E-state index contributed by atoms with van der Waals surface area (Å²) < 4.78 is 0. The number of aromatic amines is 1. The predicted molar refractivity (Wildman–Crippen MR) is 67.6 cm³/mol. The van der Waals surface area contributed by atoms with Crippen LogP contribution in [-0.2, 0) is 0 Å². The Kier molecular flexibility index (Phi) is 2.63. The number of nitrogens with one attached hydrogen (secondary N) is 1. The predicted octanol–water partition coefficient (Wildman–Crippen LogP) is 3.04. The highest BCUT2D eigenvalue weighted by molar-refractivity contribution is 5.86. The molecular weight excluding hydrogens is 228 g/mol. The normalized spacial score (nSPS) is 15.3. The quantitative estimate of drug-likeness (QED) is 0.869. The van der Waals surface area contributed by atoms with Crippen molar-refractivity contribution >= 4 is 5.97 Å². The van der Waals surface area contributed by atoms with Gasteiger partial charge in [0.2, 0.25) is 0 Å². The van der Waals surface area contributed by atoms with Crippen LogP contribution >= 0.6 is 0 Å². The lowest BCUT2D eigenvalue weighted by molar-refractivity contribution is 0.0690. The smallest absolute Gasteiger partial charge is 0.353 e. The lowest BCUT2D eigenvalue weighted by atomic mass is 9.80. The molecule has 1 saturated carbocycles. The Morgan fingerprint density at radius 3 is 2.50 bits per heavy atom. The van der Waals surface area contributed by atoms with Crippen LogP contribution in [0.15, 0.2) is 30.3 Å². The average Bonchev–Trinajstić information content (AvgIpc) is 2.77. The third kappa shape index (κ3) is 1.90. The summed E-state index contributed by atoms with van der Waals surface area (Å²) in [5, 5.41) is 15.4. The number of hydrogen-bond acceptors (Lipinski definition) is 2. The number of benzene rings is 1. The molecule has 92 valence electrons. The number of aromatic carboxylic acids is 1. The van der Waals surface area contributed by atoms with Gasteiger partial charge in [-0.3, -0.25) is 5.10 Å². The summed E-state index contributed by atoms with van der Waals surface area (Å²) in [6, 6.07) is 9.81. The molecule has 2 aromatic rings. The first kappa shape index (κ1) is 11.0. The molecule has 0 radical (unpaired) electrons. The average molecular weight is 242 g/mol. The topological polar surface area (TPSA) is 66.0 Å². The highest BCUT2D eigenvalue weighted by Crippen LogP contribution is 2.36. The minimum atomic E-state index is -0.986. The first-order valence-electron chi connectivity index (χ1n) is 6.13. The van der Waals surface area contributed by atoms with Gasteiger partial charge in [-0.1, -0.05) is 30.7 Å². The highest BCUT2D eigenvalue weighted by Gasteiger charge is 2.19. The first-order valence-corrected chi connectivity index (χ1v) is 6.13. The molecule has 0 bridgehead atoms. The zero-order valence-electron chi connectivity index (χ0n) is 9.89. The van der Waals surface area contributed by atoms with Gasteiger partial charge in [-0.25, -0.2) is 4.79 Å². The van der Waals surface area contributed by atoms with Crippen LogP contribution in [0.5, 0.6) is 0 Å². The zero-order chi connectivity index (χ0) is 12.5. The van der Waals surface area contributed by atoms with E-state index in [0.717, 1.165) is 5.56 Å². The minimum absolute atomic E-state index is 0.119. The Bertz CT molecular complexity index is 568. The first-order chi connectivity index (χ1) is 8.74. The zero-order valence-corrected chi connectivity index (χ0v) is 9.89. The van der Waals surface area contributed by atoms with E-state index in [-0.39, 0.29) is 5.69 Å². The van der Waals surface area contributed by atoms with Crippen LogP contribution in [-0.4, -0.2) is 21.3 Å². The molecule has 1 aliphatic carbocycles. The molecule has 4 nitrogen and oxygen atoms in total. The number of carboxylic acid groups (broad SMARTS) is 1. The Hall–Kier alpha value is -2.10. The van der Waals surface area contributed by atoms with E-state index in [0.29, 0.717) is 11.6 Å². The highest BCUT2D eigenvalue weighted by atomic mass is 16.4. The van der Waals surface area contributed by atoms with Crippen molar-refractivity contribution in [1.29, 1.82) is 0 Å². The third-order valence-corrected chi connectivity index (χ3v) is 3.59. The van der Waals surface area contributed by atoms with Crippen LogP contribution in [0, 0.1) is 0 Å². The number of carboxylic acids is 1. The second kappa shape index (κ2) is 4.29. The second-order valence-electron chi connectivity index (χ2n) is 4.72. The van der Waals surface area contributed by atoms with Gasteiger partial charge in [0, 0.05) is 5.56 Å². The minimum Gasteiger partial charge on any atom is -0.477 e. The van der Waals surface area contributed by atoms with Crippen LogP contribution in [0.2, 0.25) is 0 Å². The van der Waals surface area contributed by atoms with E-state index in [1.807, 2.05) is 12.1 Å². The van der Waals surface area contributed by atoms with Crippen molar-refractivity contribution in [3.8, 4) is 11.3 Å². The second-order valence-corrected chi connectivity index (χ2v) is 4.72. The summed E-state index contributed by atoms with van der Waals surface area (Å²) in [4.78, 5) is 10.8. The SMILES string of the molecule is O=C(O)c1cc(-c2ccc(C3CCC3)cc2)n[nH]1. The van der Waals surface area contributed by atoms with Gasteiger partial charge in [-0.2, -0.15) is 5.10 Å². The monoisotopic (exact) mass is 242 g/mol. The Labute approximate surface area is 105 Å². The van der Waals surface area contributed by atoms with E-state index in [2.05, 4.69) is 22.3 Å². The van der Waals surface area contributed by atoms with Gasteiger partial charge in [0.1, 0.15) is 5.69 Å². The fourth-order valence-corrected chi connectivity index (χ4v) is 2.25. The number of hydrogen-bond donors (Lipinski definition) is 2. The van der Waals surface area contributed by atoms with Crippen molar-refractivity contribution < 1.29 is 9.90 Å². The van der Waals surface area contributed by atoms with Crippen LogP contribution < -0.4 is 0 Å². The summed E-state index contributed by atoms with van der Waals surface area (Å²) >= 11 is 0. The molecule has 1 aromatic heterocycles. The van der Waals surface area contributed by atoms with E-state index in [1.54, 1.807) is 6.07 Å².